The highest BCUT2D eigenvalue weighted by molar-refractivity contribution is 14.0. The summed E-state index contributed by atoms with van der Waals surface area (Å²) < 4.78 is 21.5. The molecule has 1 aliphatic rings. The molecule has 24 heavy (non-hydrogen) atoms. The second-order valence-electron chi connectivity index (χ2n) is 5.08. The topological polar surface area (TPSA) is 78.5 Å². The normalized spacial score (nSPS) is 14.8. The zero-order chi connectivity index (χ0) is 16.7. The molecule has 136 valence electrons. The molecule has 1 aliphatic heterocycles. The summed E-state index contributed by atoms with van der Waals surface area (Å²) in [5, 5.41) is 0. The van der Waals surface area contributed by atoms with E-state index < -0.39 is 0 Å². The maximum Gasteiger partial charge on any atom is 0.203 e. The number of benzene rings is 1. The number of hydrogen-bond acceptors (Lipinski definition) is 5. The van der Waals surface area contributed by atoms with Gasteiger partial charge < -0.3 is 29.6 Å². The molecular formula is C16H26IN3O4. The molecule has 0 atom stereocenters. The molecule has 0 aliphatic carbocycles. The summed E-state index contributed by atoms with van der Waals surface area (Å²) in [5.41, 5.74) is 7.03. The Morgan fingerprint density at radius 1 is 1.12 bits per heavy atom. The van der Waals surface area contributed by atoms with Crippen LogP contribution in [-0.4, -0.2) is 65.0 Å². The fourth-order valence-electron chi connectivity index (χ4n) is 2.54. The van der Waals surface area contributed by atoms with Crippen molar-refractivity contribution in [2.24, 2.45) is 10.7 Å². The highest BCUT2D eigenvalue weighted by Gasteiger charge is 2.16. The smallest absolute Gasteiger partial charge is 0.203 e. The second-order valence-corrected chi connectivity index (χ2v) is 5.08. The zero-order valence-corrected chi connectivity index (χ0v) is 16.7. The molecule has 0 unspecified atom stereocenters. The van der Waals surface area contributed by atoms with E-state index in [1.165, 1.54) is 0 Å². The Hall–Kier alpha value is -1.42. The summed E-state index contributed by atoms with van der Waals surface area (Å²) in [6.45, 7) is 3.54. The van der Waals surface area contributed by atoms with Gasteiger partial charge in [-0.1, -0.05) is 6.07 Å². The fourth-order valence-corrected chi connectivity index (χ4v) is 2.54. The van der Waals surface area contributed by atoms with Crippen LogP contribution in [0.3, 0.4) is 0 Å². The lowest BCUT2D eigenvalue weighted by molar-refractivity contribution is 0.0674. The summed E-state index contributed by atoms with van der Waals surface area (Å²) in [6, 6.07) is 3.83. The first-order valence-electron chi connectivity index (χ1n) is 7.61. The highest BCUT2D eigenvalue weighted by atomic mass is 127. The van der Waals surface area contributed by atoms with Crippen LogP contribution < -0.4 is 19.9 Å². The summed E-state index contributed by atoms with van der Waals surface area (Å²) >= 11 is 0. The van der Waals surface area contributed by atoms with Gasteiger partial charge in [-0.3, -0.25) is 4.99 Å². The summed E-state index contributed by atoms with van der Waals surface area (Å²) in [6.07, 6.45) is 0.703. The van der Waals surface area contributed by atoms with Crippen molar-refractivity contribution in [1.82, 2.24) is 4.90 Å². The third-order valence-corrected chi connectivity index (χ3v) is 3.78. The van der Waals surface area contributed by atoms with Crippen molar-refractivity contribution in [3.05, 3.63) is 17.7 Å². The minimum absolute atomic E-state index is 0. The SMILES string of the molecule is COc1ccc(CCN=C(N)N2CCOCC2)c(OC)c1OC.I. The monoisotopic (exact) mass is 451 g/mol. The van der Waals surface area contributed by atoms with Crippen LogP contribution in [0.5, 0.6) is 17.2 Å². The van der Waals surface area contributed by atoms with Crippen LogP contribution in [0, 0.1) is 0 Å². The van der Waals surface area contributed by atoms with Crippen molar-refractivity contribution in [2.75, 3.05) is 54.2 Å². The number of halogens is 1. The van der Waals surface area contributed by atoms with E-state index in [0.717, 1.165) is 18.7 Å². The summed E-state index contributed by atoms with van der Waals surface area (Å²) in [5.74, 6) is 2.47. The van der Waals surface area contributed by atoms with E-state index in [-0.39, 0.29) is 24.0 Å². The van der Waals surface area contributed by atoms with Crippen LogP contribution in [0.15, 0.2) is 17.1 Å². The van der Waals surface area contributed by atoms with Crippen molar-refractivity contribution >= 4 is 29.9 Å². The number of guanidine groups is 1. The minimum Gasteiger partial charge on any atom is -0.493 e. The van der Waals surface area contributed by atoms with Crippen molar-refractivity contribution in [3.63, 3.8) is 0 Å². The first kappa shape index (κ1) is 20.6. The van der Waals surface area contributed by atoms with E-state index >= 15 is 0 Å². The Labute approximate surface area is 160 Å². The first-order valence-corrected chi connectivity index (χ1v) is 7.61. The number of nitrogens with two attached hydrogens (primary N) is 1. The standard InChI is InChI=1S/C16H25N3O4.HI/c1-20-13-5-4-12(14(21-2)15(13)22-3)6-7-18-16(17)19-8-10-23-11-9-19;/h4-5H,6-11H2,1-3H3,(H2,17,18);1H. The number of ether oxygens (including phenoxy) is 4. The lowest BCUT2D eigenvalue weighted by atomic mass is 10.1. The highest BCUT2D eigenvalue weighted by Crippen LogP contribution is 2.39. The van der Waals surface area contributed by atoms with Crippen LogP contribution in [0.25, 0.3) is 0 Å². The van der Waals surface area contributed by atoms with Crippen LogP contribution in [0.2, 0.25) is 0 Å². The molecule has 2 N–H and O–H groups in total. The second kappa shape index (κ2) is 10.4. The van der Waals surface area contributed by atoms with Crippen LogP contribution in [-0.2, 0) is 11.2 Å². The average Bonchev–Trinajstić information content (AvgIpc) is 2.61. The quantitative estimate of drug-likeness (QED) is 0.402. The third kappa shape index (κ3) is 5.04. The molecule has 1 saturated heterocycles. The Morgan fingerprint density at radius 2 is 1.79 bits per heavy atom. The molecule has 1 heterocycles. The molecule has 1 fully saturated rings. The number of hydrogen-bond donors (Lipinski definition) is 1. The van der Waals surface area contributed by atoms with Crippen LogP contribution >= 0.6 is 24.0 Å². The van der Waals surface area contributed by atoms with Gasteiger partial charge >= 0.3 is 0 Å². The van der Waals surface area contributed by atoms with Crippen molar-refractivity contribution in [3.8, 4) is 17.2 Å². The molecule has 0 radical (unpaired) electrons. The van der Waals surface area contributed by atoms with Crippen molar-refractivity contribution < 1.29 is 18.9 Å². The van der Waals surface area contributed by atoms with E-state index in [4.69, 9.17) is 24.7 Å². The lowest BCUT2D eigenvalue weighted by Gasteiger charge is -2.27. The van der Waals surface area contributed by atoms with Crippen molar-refractivity contribution in [1.29, 1.82) is 0 Å². The lowest BCUT2D eigenvalue weighted by Crippen LogP contribution is -2.44. The Bertz CT molecular complexity index is 548. The Kier molecular flexibility index (Phi) is 8.98. The van der Waals surface area contributed by atoms with Crippen molar-refractivity contribution in [2.45, 2.75) is 6.42 Å². The van der Waals surface area contributed by atoms with Gasteiger partial charge in [0.05, 0.1) is 34.5 Å². The molecule has 0 amide bonds. The van der Waals surface area contributed by atoms with Gasteiger partial charge in [0.25, 0.3) is 0 Å². The molecule has 0 aromatic heterocycles. The van der Waals surface area contributed by atoms with E-state index in [0.29, 0.717) is 49.4 Å². The number of rotatable bonds is 6. The average molecular weight is 451 g/mol. The van der Waals surface area contributed by atoms with Gasteiger partial charge in [0.1, 0.15) is 0 Å². The predicted octanol–water partition coefficient (Wildman–Crippen LogP) is 1.52. The Balaban J connectivity index is 0.00000288. The van der Waals surface area contributed by atoms with Crippen LogP contribution in [0.1, 0.15) is 5.56 Å². The molecular weight excluding hydrogens is 425 g/mol. The number of aliphatic imine (C=N–C) groups is 1. The minimum atomic E-state index is 0. The van der Waals surface area contributed by atoms with Gasteiger partial charge in [0, 0.05) is 25.2 Å². The number of morpholine rings is 1. The first-order chi connectivity index (χ1) is 11.2. The van der Waals surface area contributed by atoms with Gasteiger partial charge in [-0.05, 0) is 12.5 Å². The summed E-state index contributed by atoms with van der Waals surface area (Å²) in [4.78, 5) is 6.49. The summed E-state index contributed by atoms with van der Waals surface area (Å²) in [7, 11) is 4.81. The Morgan fingerprint density at radius 3 is 2.38 bits per heavy atom. The van der Waals surface area contributed by atoms with Gasteiger partial charge in [-0.25, -0.2) is 0 Å². The molecule has 1 aromatic carbocycles. The molecule has 0 bridgehead atoms. The van der Waals surface area contributed by atoms with Gasteiger partial charge in [0.15, 0.2) is 17.5 Å². The molecule has 0 saturated carbocycles. The van der Waals surface area contributed by atoms with E-state index in [1.54, 1.807) is 21.3 Å². The molecule has 2 rings (SSSR count). The number of nitrogens with zero attached hydrogens (tertiary/aromatic N) is 2. The molecule has 7 nitrogen and oxygen atoms in total. The van der Waals surface area contributed by atoms with Gasteiger partial charge in [-0.15, -0.1) is 24.0 Å². The third-order valence-electron chi connectivity index (χ3n) is 3.78. The molecule has 8 heteroatoms. The zero-order valence-electron chi connectivity index (χ0n) is 14.4. The molecule has 0 spiro atoms. The van der Waals surface area contributed by atoms with E-state index in [1.807, 2.05) is 17.0 Å². The largest absolute Gasteiger partial charge is 0.493 e. The van der Waals surface area contributed by atoms with Crippen LogP contribution in [0.4, 0.5) is 0 Å². The van der Waals surface area contributed by atoms with E-state index in [9.17, 15) is 0 Å². The molecule has 1 aromatic rings. The van der Waals surface area contributed by atoms with Gasteiger partial charge in [-0.2, -0.15) is 0 Å². The maximum absolute atomic E-state index is 6.03. The fraction of sp³-hybridized carbons (Fsp3) is 0.562. The maximum atomic E-state index is 6.03. The predicted molar refractivity (Wildman–Crippen MR) is 104 cm³/mol. The number of methoxy groups -OCH3 is 3. The van der Waals surface area contributed by atoms with E-state index in [2.05, 4.69) is 4.99 Å². The van der Waals surface area contributed by atoms with Gasteiger partial charge in [0.2, 0.25) is 5.75 Å².